The lowest BCUT2D eigenvalue weighted by Gasteiger charge is -2.37. The summed E-state index contributed by atoms with van der Waals surface area (Å²) in [5.74, 6) is 2.27. The molecular weight excluding hydrogens is 370 g/mol. The van der Waals surface area contributed by atoms with Gasteiger partial charge in [0.05, 0.1) is 49.8 Å². The maximum absolute atomic E-state index is 8.82. The quantitative estimate of drug-likeness (QED) is 0.628. The molecule has 1 aliphatic carbocycles. The van der Waals surface area contributed by atoms with Crippen molar-refractivity contribution in [2.24, 2.45) is 5.41 Å². The molecule has 9 nitrogen and oxygen atoms in total. The fraction of sp³-hybridized carbons (Fsp3) is 0.350. The van der Waals surface area contributed by atoms with Gasteiger partial charge >= 0.3 is 0 Å². The van der Waals surface area contributed by atoms with Gasteiger partial charge in [-0.05, 0) is 12.8 Å². The lowest BCUT2D eigenvalue weighted by molar-refractivity contribution is 0.0776. The summed E-state index contributed by atoms with van der Waals surface area (Å²) in [6.45, 7) is 2.87. The molecule has 4 rings (SSSR count). The number of ether oxygens (including phenoxy) is 2. The van der Waals surface area contributed by atoms with Crippen LogP contribution in [0.4, 0.5) is 11.6 Å². The molecule has 9 heteroatoms. The van der Waals surface area contributed by atoms with E-state index in [-0.39, 0.29) is 11.1 Å². The van der Waals surface area contributed by atoms with Gasteiger partial charge < -0.3 is 14.8 Å². The third-order valence-corrected chi connectivity index (χ3v) is 5.10. The second kappa shape index (κ2) is 7.75. The summed E-state index contributed by atoms with van der Waals surface area (Å²) in [5.41, 5.74) is 1.95. The molecule has 1 saturated carbocycles. The van der Waals surface area contributed by atoms with Gasteiger partial charge in [0.15, 0.2) is 17.3 Å². The first-order chi connectivity index (χ1) is 14.1. The van der Waals surface area contributed by atoms with Gasteiger partial charge in [-0.3, -0.25) is 10.1 Å². The molecule has 0 radical (unpaired) electrons. The Bertz CT molecular complexity index is 1040. The van der Waals surface area contributed by atoms with Crippen molar-refractivity contribution in [3.8, 4) is 28.8 Å². The number of nitrogens with zero attached hydrogens (tertiary/aromatic N) is 5. The van der Waals surface area contributed by atoms with E-state index in [2.05, 4.69) is 37.4 Å². The lowest BCUT2D eigenvalue weighted by atomic mass is 9.71. The summed E-state index contributed by atoms with van der Waals surface area (Å²) < 4.78 is 11.6. The zero-order valence-corrected chi connectivity index (χ0v) is 16.3. The molecule has 0 atom stereocenters. The van der Waals surface area contributed by atoms with E-state index < -0.39 is 0 Å². The molecule has 0 spiro atoms. The fourth-order valence-corrected chi connectivity index (χ4v) is 3.22. The van der Waals surface area contributed by atoms with E-state index >= 15 is 0 Å². The Morgan fingerprint density at radius 2 is 2.00 bits per heavy atom. The molecule has 0 bridgehead atoms. The first kappa shape index (κ1) is 18.7. The minimum absolute atomic E-state index is 0.218. The van der Waals surface area contributed by atoms with Crippen LogP contribution in [0.2, 0.25) is 0 Å². The first-order valence-corrected chi connectivity index (χ1v) is 9.30. The highest BCUT2D eigenvalue weighted by atomic mass is 16.5. The van der Waals surface area contributed by atoms with Gasteiger partial charge in [-0.15, -0.1) is 0 Å². The monoisotopic (exact) mass is 391 g/mol. The van der Waals surface area contributed by atoms with Crippen LogP contribution in [-0.2, 0) is 0 Å². The van der Waals surface area contributed by atoms with Crippen molar-refractivity contribution in [2.45, 2.75) is 26.2 Å². The fourth-order valence-electron chi connectivity index (χ4n) is 3.22. The van der Waals surface area contributed by atoms with Crippen LogP contribution in [0.3, 0.4) is 0 Å². The van der Waals surface area contributed by atoms with Crippen LogP contribution in [0.15, 0.2) is 30.9 Å². The van der Waals surface area contributed by atoms with E-state index in [0.29, 0.717) is 29.7 Å². The number of anilines is 2. The normalized spacial score (nSPS) is 14.5. The Balaban J connectivity index is 1.57. The zero-order valence-electron chi connectivity index (χ0n) is 16.3. The van der Waals surface area contributed by atoms with Gasteiger partial charge in [-0.25, -0.2) is 9.97 Å². The molecule has 29 heavy (non-hydrogen) atoms. The predicted molar refractivity (Wildman–Crippen MR) is 106 cm³/mol. The number of hydrogen-bond acceptors (Lipinski definition) is 8. The average molecular weight is 391 g/mol. The molecule has 0 unspecified atom stereocenters. The van der Waals surface area contributed by atoms with Crippen LogP contribution in [-0.4, -0.2) is 38.9 Å². The minimum Gasteiger partial charge on any atom is -0.494 e. The van der Waals surface area contributed by atoms with E-state index in [1.807, 2.05) is 12.1 Å². The van der Waals surface area contributed by atoms with Crippen molar-refractivity contribution in [1.82, 2.24) is 25.1 Å². The van der Waals surface area contributed by atoms with Crippen molar-refractivity contribution in [3.05, 3.63) is 36.5 Å². The van der Waals surface area contributed by atoms with Gasteiger partial charge in [0.1, 0.15) is 17.6 Å². The highest BCUT2D eigenvalue weighted by Crippen LogP contribution is 2.42. The molecule has 2 N–H and O–H groups in total. The van der Waals surface area contributed by atoms with Crippen LogP contribution in [0.25, 0.3) is 11.3 Å². The Labute approximate surface area is 168 Å². The molecule has 3 aromatic heterocycles. The maximum atomic E-state index is 8.82. The largest absolute Gasteiger partial charge is 0.494 e. The highest BCUT2D eigenvalue weighted by Gasteiger charge is 2.33. The standard InChI is InChI=1S/C20H21N7O2/c1-20(4-3-5-20)12-29-16-10-22-9-15(28-2)19(16)14-6-17(27-26-14)25-18-11-23-13(7-21)8-24-18/h6,8-11H,3-5,12H2,1-2H3,(H2,24,25,26,27). The summed E-state index contributed by atoms with van der Waals surface area (Å²) in [4.78, 5) is 12.4. The second-order valence-corrected chi connectivity index (χ2v) is 7.36. The number of rotatable bonds is 7. The van der Waals surface area contributed by atoms with Gasteiger partial charge in [-0.1, -0.05) is 13.3 Å². The van der Waals surface area contributed by atoms with E-state index in [4.69, 9.17) is 14.7 Å². The van der Waals surface area contributed by atoms with Gasteiger partial charge in [0.25, 0.3) is 0 Å². The molecule has 0 aromatic carbocycles. The summed E-state index contributed by atoms with van der Waals surface area (Å²) >= 11 is 0. The van der Waals surface area contributed by atoms with Crippen LogP contribution in [0.1, 0.15) is 31.9 Å². The van der Waals surface area contributed by atoms with Crippen molar-refractivity contribution in [3.63, 3.8) is 0 Å². The minimum atomic E-state index is 0.218. The number of methoxy groups -OCH3 is 1. The Hall–Kier alpha value is -3.67. The molecule has 0 amide bonds. The Morgan fingerprint density at radius 3 is 2.66 bits per heavy atom. The topological polar surface area (TPSA) is 122 Å². The molecule has 148 valence electrons. The molecule has 1 aliphatic rings. The maximum Gasteiger partial charge on any atom is 0.158 e. The SMILES string of the molecule is COc1cncc(OCC2(C)CCC2)c1-c1cc(Nc2cnc(C#N)cn2)n[nH]1. The van der Waals surface area contributed by atoms with E-state index in [9.17, 15) is 0 Å². The van der Waals surface area contributed by atoms with E-state index in [0.717, 1.165) is 11.3 Å². The average Bonchev–Trinajstić information content (AvgIpc) is 3.19. The first-order valence-electron chi connectivity index (χ1n) is 9.30. The molecular formula is C20H21N7O2. The Morgan fingerprint density at radius 1 is 1.17 bits per heavy atom. The van der Waals surface area contributed by atoms with Crippen LogP contribution in [0, 0.1) is 16.7 Å². The third-order valence-electron chi connectivity index (χ3n) is 5.10. The van der Waals surface area contributed by atoms with Crippen LogP contribution in [0.5, 0.6) is 11.5 Å². The van der Waals surface area contributed by atoms with E-state index in [1.165, 1.54) is 31.7 Å². The lowest BCUT2D eigenvalue weighted by Crippen LogP contribution is -2.32. The van der Waals surface area contributed by atoms with Gasteiger partial charge in [-0.2, -0.15) is 10.4 Å². The van der Waals surface area contributed by atoms with Crippen molar-refractivity contribution in [1.29, 1.82) is 5.26 Å². The zero-order chi connectivity index (χ0) is 20.3. The summed E-state index contributed by atoms with van der Waals surface area (Å²) in [6, 6.07) is 3.77. The summed E-state index contributed by atoms with van der Waals surface area (Å²) in [7, 11) is 1.60. The van der Waals surface area contributed by atoms with Gasteiger partial charge in [0, 0.05) is 11.5 Å². The van der Waals surface area contributed by atoms with E-state index in [1.54, 1.807) is 19.5 Å². The number of pyridine rings is 1. The molecule has 3 heterocycles. The number of nitriles is 1. The van der Waals surface area contributed by atoms with Crippen molar-refractivity contribution in [2.75, 3.05) is 19.0 Å². The molecule has 0 aliphatic heterocycles. The third kappa shape index (κ3) is 3.96. The number of nitrogens with one attached hydrogen (secondary N) is 2. The summed E-state index contributed by atoms with van der Waals surface area (Å²) in [5, 5.41) is 19.2. The van der Waals surface area contributed by atoms with Crippen molar-refractivity contribution < 1.29 is 9.47 Å². The molecule has 3 aromatic rings. The highest BCUT2D eigenvalue weighted by molar-refractivity contribution is 5.75. The second-order valence-electron chi connectivity index (χ2n) is 7.36. The predicted octanol–water partition coefficient (Wildman–Crippen LogP) is 3.45. The summed E-state index contributed by atoms with van der Waals surface area (Å²) in [6.07, 6.45) is 9.81. The molecule has 0 saturated heterocycles. The van der Waals surface area contributed by atoms with Gasteiger partial charge in [0.2, 0.25) is 0 Å². The Kier molecular flexibility index (Phi) is 4.99. The molecule has 1 fully saturated rings. The number of aromatic nitrogens is 5. The number of hydrogen-bond donors (Lipinski definition) is 2. The van der Waals surface area contributed by atoms with Crippen LogP contribution >= 0.6 is 0 Å². The smallest absolute Gasteiger partial charge is 0.158 e. The number of H-pyrrole nitrogens is 1. The van der Waals surface area contributed by atoms with Crippen molar-refractivity contribution >= 4 is 11.6 Å². The number of aromatic amines is 1. The van der Waals surface area contributed by atoms with Crippen LogP contribution < -0.4 is 14.8 Å².